The van der Waals surface area contributed by atoms with Gasteiger partial charge in [-0.2, -0.15) is 5.10 Å². The summed E-state index contributed by atoms with van der Waals surface area (Å²) in [4.78, 5) is 22.3. The highest BCUT2D eigenvalue weighted by Gasteiger charge is 2.25. The molecule has 0 atom stereocenters. The molecule has 0 bridgehead atoms. The molecule has 0 aliphatic rings. The van der Waals surface area contributed by atoms with E-state index in [1.807, 2.05) is 35.9 Å². The van der Waals surface area contributed by atoms with Crippen LogP contribution < -0.4 is 4.90 Å². The van der Waals surface area contributed by atoms with Crippen LogP contribution in [0.25, 0.3) is 10.2 Å². The maximum atomic E-state index is 13.5. The van der Waals surface area contributed by atoms with Crippen LogP contribution in [-0.2, 0) is 0 Å². The minimum absolute atomic E-state index is 0. The van der Waals surface area contributed by atoms with Crippen molar-refractivity contribution in [3.05, 3.63) is 40.1 Å². The Bertz CT molecular complexity index is 999. The first-order valence-electron chi connectivity index (χ1n) is 10.0. The fourth-order valence-corrected chi connectivity index (χ4v) is 4.86. The van der Waals surface area contributed by atoms with Gasteiger partial charge >= 0.3 is 0 Å². The van der Waals surface area contributed by atoms with E-state index in [1.165, 1.54) is 11.3 Å². The Morgan fingerprint density at radius 2 is 1.90 bits per heavy atom. The molecule has 0 aliphatic carbocycles. The lowest BCUT2D eigenvalue weighted by atomic mass is 10.3. The van der Waals surface area contributed by atoms with Crippen LogP contribution in [0.4, 0.5) is 5.13 Å². The largest absolute Gasteiger partial charge is 0.302 e. The van der Waals surface area contributed by atoms with Crippen molar-refractivity contribution in [2.24, 2.45) is 0 Å². The van der Waals surface area contributed by atoms with Crippen molar-refractivity contribution in [2.75, 3.05) is 31.1 Å². The van der Waals surface area contributed by atoms with Crippen molar-refractivity contribution in [2.45, 2.75) is 40.7 Å². The molecule has 0 radical (unpaired) electrons. The summed E-state index contributed by atoms with van der Waals surface area (Å²) in [7, 11) is 0. The number of thiazole rings is 1. The number of carbonyl (C=O) groups excluding carboxylic acids is 1. The molecule has 1 aromatic carbocycles. The first-order valence-corrected chi connectivity index (χ1v) is 11.6. The van der Waals surface area contributed by atoms with Gasteiger partial charge in [-0.15, -0.1) is 12.4 Å². The average molecular weight is 515 g/mol. The molecule has 2 heterocycles. The molecule has 0 aliphatic heterocycles. The molecular formula is C21H29BrClN5OS. The number of rotatable bonds is 8. The third-order valence-electron chi connectivity index (χ3n) is 4.98. The van der Waals surface area contributed by atoms with E-state index in [0.717, 1.165) is 40.0 Å². The number of hydrogen-bond acceptors (Lipinski definition) is 5. The van der Waals surface area contributed by atoms with Gasteiger partial charge in [-0.25, -0.2) is 4.98 Å². The van der Waals surface area contributed by atoms with Crippen LogP contribution in [0.2, 0.25) is 0 Å². The summed E-state index contributed by atoms with van der Waals surface area (Å²) in [5, 5.41) is 5.29. The van der Waals surface area contributed by atoms with Crippen LogP contribution in [-0.4, -0.2) is 51.8 Å². The van der Waals surface area contributed by atoms with E-state index < -0.39 is 0 Å². The highest BCUT2D eigenvalue weighted by molar-refractivity contribution is 9.10. The third-order valence-corrected chi connectivity index (χ3v) is 6.51. The van der Waals surface area contributed by atoms with Crippen LogP contribution in [0.15, 0.2) is 28.7 Å². The highest BCUT2D eigenvalue weighted by atomic mass is 79.9. The smallest absolute Gasteiger partial charge is 0.280 e. The summed E-state index contributed by atoms with van der Waals surface area (Å²) in [6.07, 6.45) is 0. The first kappa shape index (κ1) is 24.8. The average Bonchev–Trinajstić information content (AvgIpc) is 3.28. The van der Waals surface area contributed by atoms with Crippen molar-refractivity contribution >= 4 is 60.9 Å². The van der Waals surface area contributed by atoms with Crippen LogP contribution >= 0.6 is 39.7 Å². The Balaban J connectivity index is 0.00000320. The molecule has 0 N–H and O–H groups in total. The molecular weight excluding hydrogens is 486 g/mol. The summed E-state index contributed by atoms with van der Waals surface area (Å²) in [5.74, 6) is -0.0993. The summed E-state index contributed by atoms with van der Waals surface area (Å²) in [5.41, 5.74) is 2.36. The van der Waals surface area contributed by atoms with Crippen LogP contribution in [0, 0.1) is 6.92 Å². The quantitative estimate of drug-likeness (QED) is 0.395. The Hall–Kier alpha value is -1.48. The lowest BCUT2D eigenvalue weighted by Crippen LogP contribution is -2.39. The monoisotopic (exact) mass is 513 g/mol. The predicted octanol–water partition coefficient (Wildman–Crippen LogP) is 5.56. The molecule has 0 spiro atoms. The number of benzene rings is 1. The van der Waals surface area contributed by atoms with E-state index in [1.54, 1.807) is 4.90 Å². The van der Waals surface area contributed by atoms with E-state index in [-0.39, 0.29) is 24.4 Å². The topological polar surface area (TPSA) is 54.3 Å². The van der Waals surface area contributed by atoms with Gasteiger partial charge in [0, 0.05) is 29.3 Å². The molecule has 3 rings (SSSR count). The third kappa shape index (κ3) is 5.41. The highest BCUT2D eigenvalue weighted by Crippen LogP contribution is 2.31. The van der Waals surface area contributed by atoms with Crippen molar-refractivity contribution in [3.63, 3.8) is 0 Å². The van der Waals surface area contributed by atoms with Gasteiger partial charge in [0.25, 0.3) is 5.91 Å². The van der Waals surface area contributed by atoms with E-state index in [2.05, 4.69) is 53.6 Å². The molecule has 3 aromatic rings. The molecule has 6 nitrogen and oxygen atoms in total. The Kier molecular flexibility index (Phi) is 8.85. The van der Waals surface area contributed by atoms with Crippen LogP contribution in [0.5, 0.6) is 0 Å². The number of nitrogens with zero attached hydrogens (tertiary/aromatic N) is 5. The van der Waals surface area contributed by atoms with Gasteiger partial charge in [0.2, 0.25) is 0 Å². The number of aromatic nitrogens is 3. The van der Waals surface area contributed by atoms with Crippen LogP contribution in [0.3, 0.4) is 0 Å². The maximum Gasteiger partial charge on any atom is 0.280 e. The maximum absolute atomic E-state index is 13.5. The Labute approximate surface area is 196 Å². The lowest BCUT2D eigenvalue weighted by molar-refractivity contribution is 0.0978. The second-order valence-corrected chi connectivity index (χ2v) is 9.23. The molecule has 0 fully saturated rings. The molecule has 0 unspecified atom stereocenters. The Morgan fingerprint density at radius 3 is 2.50 bits per heavy atom. The van der Waals surface area contributed by atoms with Gasteiger partial charge < -0.3 is 4.90 Å². The molecule has 0 saturated heterocycles. The van der Waals surface area contributed by atoms with E-state index in [9.17, 15) is 4.79 Å². The summed E-state index contributed by atoms with van der Waals surface area (Å²) >= 11 is 5.05. The van der Waals surface area contributed by atoms with E-state index in [0.29, 0.717) is 17.4 Å². The SMILES string of the molecule is CCN(CC)CCN(C(=O)c1cc(C)n(C(C)C)n1)c1nc2ccc(Br)cc2s1.Cl. The van der Waals surface area contributed by atoms with Gasteiger partial charge in [-0.1, -0.05) is 41.1 Å². The second kappa shape index (κ2) is 10.7. The zero-order valence-corrected chi connectivity index (χ0v) is 21.3. The van der Waals surface area contributed by atoms with E-state index >= 15 is 0 Å². The van der Waals surface area contributed by atoms with Gasteiger partial charge in [0.1, 0.15) is 0 Å². The van der Waals surface area contributed by atoms with Crippen molar-refractivity contribution in [3.8, 4) is 0 Å². The van der Waals surface area contributed by atoms with Crippen molar-refractivity contribution in [1.82, 2.24) is 19.7 Å². The van der Waals surface area contributed by atoms with E-state index in [4.69, 9.17) is 4.98 Å². The number of likely N-dealkylation sites (N-methyl/N-ethyl adjacent to an activating group) is 1. The summed E-state index contributed by atoms with van der Waals surface area (Å²) in [6, 6.07) is 8.07. The van der Waals surface area contributed by atoms with Crippen molar-refractivity contribution < 1.29 is 4.79 Å². The van der Waals surface area contributed by atoms with Crippen molar-refractivity contribution in [1.29, 1.82) is 0 Å². The summed E-state index contributed by atoms with van der Waals surface area (Å²) < 4.78 is 3.96. The number of anilines is 1. The molecule has 0 saturated carbocycles. The van der Waals surface area contributed by atoms with Gasteiger partial charge in [0.05, 0.1) is 10.2 Å². The minimum Gasteiger partial charge on any atom is -0.302 e. The zero-order chi connectivity index (χ0) is 21.1. The van der Waals surface area contributed by atoms with Gasteiger partial charge in [-0.05, 0) is 58.1 Å². The number of carbonyl (C=O) groups is 1. The molecule has 2 aromatic heterocycles. The number of amides is 1. The predicted molar refractivity (Wildman–Crippen MR) is 131 cm³/mol. The number of halogens is 2. The molecule has 1 amide bonds. The molecule has 30 heavy (non-hydrogen) atoms. The van der Waals surface area contributed by atoms with Gasteiger partial charge in [-0.3, -0.25) is 14.4 Å². The fourth-order valence-electron chi connectivity index (χ4n) is 3.32. The summed E-state index contributed by atoms with van der Waals surface area (Å²) in [6.45, 7) is 13.7. The lowest BCUT2D eigenvalue weighted by Gasteiger charge is -2.24. The zero-order valence-electron chi connectivity index (χ0n) is 18.1. The first-order chi connectivity index (χ1) is 13.8. The standard InChI is InChI=1S/C21H28BrN5OS.ClH/c1-6-25(7-2)10-11-26(20(28)18-12-15(5)27(24-18)14(3)4)21-23-17-9-8-16(22)13-19(17)29-21;/h8-9,12-14H,6-7,10-11H2,1-5H3;1H. The van der Waals surface area contributed by atoms with Crippen LogP contribution in [0.1, 0.15) is 49.9 Å². The number of aryl methyl sites for hydroxylation is 1. The molecule has 9 heteroatoms. The normalized spacial score (nSPS) is 11.3. The second-order valence-electron chi connectivity index (χ2n) is 7.30. The fraction of sp³-hybridized carbons (Fsp3) is 0.476. The number of hydrogen-bond donors (Lipinski definition) is 0. The minimum atomic E-state index is -0.0993. The molecule has 164 valence electrons. The Morgan fingerprint density at radius 1 is 1.20 bits per heavy atom. The number of fused-ring (bicyclic) bond motifs is 1. The van der Waals surface area contributed by atoms with Gasteiger partial charge in [0.15, 0.2) is 10.8 Å².